The second-order valence-electron chi connectivity index (χ2n) is 9.25. The number of benzene rings is 1. The van der Waals surface area contributed by atoms with Gasteiger partial charge in [0.25, 0.3) is 0 Å². The number of hydrogen-bond acceptors (Lipinski definition) is 6. The summed E-state index contributed by atoms with van der Waals surface area (Å²) in [5, 5.41) is 6.38. The van der Waals surface area contributed by atoms with Gasteiger partial charge in [-0.05, 0) is 44.0 Å². The van der Waals surface area contributed by atoms with Crippen LogP contribution in [0.25, 0.3) is 22.3 Å². The summed E-state index contributed by atoms with van der Waals surface area (Å²) in [6.07, 6.45) is 3.65. The van der Waals surface area contributed by atoms with E-state index in [1.165, 1.54) is 6.07 Å². The molecule has 0 spiro atoms. The van der Waals surface area contributed by atoms with Crippen LogP contribution in [0.2, 0.25) is 0 Å². The van der Waals surface area contributed by atoms with E-state index in [1.807, 2.05) is 12.1 Å². The molecular weight excluding hydrogens is 424 g/mol. The van der Waals surface area contributed by atoms with Gasteiger partial charge in [-0.2, -0.15) is 0 Å². The number of hydrogen-bond donors (Lipinski definition) is 2. The van der Waals surface area contributed by atoms with Crippen molar-refractivity contribution in [3.05, 3.63) is 59.2 Å². The van der Waals surface area contributed by atoms with Gasteiger partial charge in [-0.25, -0.2) is 28.7 Å². The lowest BCUT2D eigenvalue weighted by molar-refractivity contribution is 0.386. The highest BCUT2D eigenvalue weighted by Gasteiger charge is 2.33. The van der Waals surface area contributed by atoms with Gasteiger partial charge in [-0.15, -0.1) is 0 Å². The summed E-state index contributed by atoms with van der Waals surface area (Å²) in [6, 6.07) is 6.91. The minimum absolute atomic E-state index is 0.0295. The summed E-state index contributed by atoms with van der Waals surface area (Å²) in [4.78, 5) is 17.6. The maximum atomic E-state index is 15.0. The number of halogens is 2. The Morgan fingerprint density at radius 1 is 1.06 bits per heavy atom. The molecule has 0 amide bonds. The Hall–Kier alpha value is -3.46. The topological polar surface area (TPSA) is 80.6 Å². The van der Waals surface area contributed by atoms with E-state index in [2.05, 4.69) is 49.0 Å². The first-order valence-electron chi connectivity index (χ1n) is 11.1. The normalized spacial score (nSPS) is 16.6. The smallest absolute Gasteiger partial charge is 0.229 e. The highest BCUT2D eigenvalue weighted by molar-refractivity contribution is 5.83. The minimum atomic E-state index is -0.621. The zero-order valence-corrected chi connectivity index (χ0v) is 18.4. The van der Waals surface area contributed by atoms with Gasteiger partial charge in [0, 0.05) is 42.7 Å². The lowest BCUT2D eigenvalue weighted by atomic mass is 10.0. The lowest BCUT2D eigenvalue weighted by Crippen LogP contribution is -2.24. The summed E-state index contributed by atoms with van der Waals surface area (Å²) in [7, 11) is 0. The van der Waals surface area contributed by atoms with Crippen molar-refractivity contribution in [2.24, 2.45) is 0 Å². The molecule has 2 aliphatic heterocycles. The van der Waals surface area contributed by atoms with Crippen molar-refractivity contribution >= 4 is 22.8 Å². The van der Waals surface area contributed by atoms with Crippen molar-refractivity contribution in [2.45, 2.75) is 45.2 Å². The number of nitrogens with zero attached hydrogens (tertiary/aromatic N) is 5. The molecule has 0 fully saturated rings. The molecule has 7 nitrogen and oxygen atoms in total. The first kappa shape index (κ1) is 20.2. The molecule has 0 saturated carbocycles. The van der Waals surface area contributed by atoms with Crippen molar-refractivity contribution in [3.63, 3.8) is 0 Å². The molecule has 3 aromatic heterocycles. The summed E-state index contributed by atoms with van der Waals surface area (Å²) < 4.78 is 31.8. The Kier molecular flexibility index (Phi) is 4.45. The van der Waals surface area contributed by atoms with Gasteiger partial charge in [-0.1, -0.05) is 6.07 Å². The Balaban J connectivity index is 1.40. The summed E-state index contributed by atoms with van der Waals surface area (Å²) in [5.74, 6) is 0.532. The van der Waals surface area contributed by atoms with E-state index in [0.717, 1.165) is 55.6 Å². The summed E-state index contributed by atoms with van der Waals surface area (Å²) >= 11 is 0. The summed E-state index contributed by atoms with van der Waals surface area (Å²) in [6.45, 7) is 5.88. The third-order valence-corrected chi connectivity index (χ3v) is 6.53. The zero-order valence-electron chi connectivity index (χ0n) is 18.4. The highest BCUT2D eigenvalue weighted by atomic mass is 19.1. The van der Waals surface area contributed by atoms with E-state index < -0.39 is 11.6 Å². The number of imidazole rings is 1. The number of pyridine rings is 1. The minimum Gasteiger partial charge on any atom is -0.322 e. The Morgan fingerprint density at radius 3 is 2.82 bits per heavy atom. The molecule has 2 N–H and O–H groups in total. The van der Waals surface area contributed by atoms with Crippen molar-refractivity contribution in [2.75, 3.05) is 11.9 Å². The second-order valence-corrected chi connectivity index (χ2v) is 9.25. The number of anilines is 2. The van der Waals surface area contributed by atoms with Crippen LogP contribution in [0.1, 0.15) is 37.4 Å². The Morgan fingerprint density at radius 2 is 1.94 bits per heavy atom. The summed E-state index contributed by atoms with van der Waals surface area (Å²) in [5.41, 5.74) is 3.33. The maximum absolute atomic E-state index is 15.0. The fourth-order valence-electron chi connectivity index (χ4n) is 4.84. The van der Waals surface area contributed by atoms with Crippen LogP contribution in [0, 0.1) is 11.6 Å². The second kappa shape index (κ2) is 7.28. The lowest BCUT2D eigenvalue weighted by Gasteiger charge is -2.22. The van der Waals surface area contributed by atoms with E-state index in [0.29, 0.717) is 22.4 Å². The van der Waals surface area contributed by atoms with Crippen LogP contribution in [0.5, 0.6) is 0 Å². The molecule has 0 radical (unpaired) electrons. The van der Waals surface area contributed by atoms with Gasteiger partial charge in [-0.3, -0.25) is 0 Å². The third kappa shape index (κ3) is 3.34. The van der Waals surface area contributed by atoms with E-state index in [-0.39, 0.29) is 17.2 Å². The Bertz CT molecular complexity index is 1410. The van der Waals surface area contributed by atoms with Gasteiger partial charge in [0.05, 0.1) is 11.7 Å². The fraction of sp³-hybridized carbons (Fsp3) is 0.333. The highest BCUT2D eigenvalue weighted by Crippen LogP contribution is 2.38. The fourth-order valence-corrected chi connectivity index (χ4v) is 4.84. The number of nitrogens with one attached hydrogen (secondary N) is 2. The molecule has 168 valence electrons. The molecule has 0 aliphatic carbocycles. The molecule has 0 saturated heterocycles. The van der Waals surface area contributed by atoms with E-state index >= 15 is 4.39 Å². The molecule has 6 rings (SSSR count). The number of aryl methyl sites for hydroxylation is 1. The van der Waals surface area contributed by atoms with Crippen LogP contribution in [0.4, 0.5) is 20.5 Å². The van der Waals surface area contributed by atoms with E-state index in [4.69, 9.17) is 0 Å². The van der Waals surface area contributed by atoms with E-state index in [9.17, 15) is 4.39 Å². The first-order valence-corrected chi connectivity index (χ1v) is 11.1. The largest absolute Gasteiger partial charge is 0.322 e. The predicted molar refractivity (Wildman–Crippen MR) is 121 cm³/mol. The molecular formula is C24H23F2N7. The van der Waals surface area contributed by atoms with Crippen molar-refractivity contribution in [3.8, 4) is 11.3 Å². The van der Waals surface area contributed by atoms with Gasteiger partial charge in [0.2, 0.25) is 5.95 Å². The predicted octanol–water partition coefficient (Wildman–Crippen LogP) is 4.24. The molecule has 0 unspecified atom stereocenters. The zero-order chi connectivity index (χ0) is 22.7. The standard InChI is InChI=1S/C24H23F2N7/c1-24(2)7-5-20-31-22-15(25)9-14(10-18(22)33(20)24)21-16(26)12-28-23(32-21)30-19-4-3-13-11-27-8-6-17(13)29-19/h3-4,9-10,12,27H,5-8,11H2,1-2H3,(H,28,29,30,32). The van der Waals surface area contributed by atoms with Gasteiger partial charge in [0.15, 0.2) is 11.6 Å². The molecule has 0 bridgehead atoms. The number of aromatic nitrogens is 5. The van der Waals surface area contributed by atoms with Crippen molar-refractivity contribution < 1.29 is 8.78 Å². The number of fused-ring (bicyclic) bond motifs is 4. The average Bonchev–Trinajstić information content (AvgIpc) is 3.33. The molecule has 0 atom stereocenters. The average molecular weight is 447 g/mol. The maximum Gasteiger partial charge on any atom is 0.229 e. The Labute approximate surface area is 189 Å². The van der Waals surface area contributed by atoms with Gasteiger partial charge < -0.3 is 15.2 Å². The number of rotatable bonds is 3. The van der Waals surface area contributed by atoms with Gasteiger partial charge >= 0.3 is 0 Å². The van der Waals surface area contributed by atoms with Crippen LogP contribution >= 0.6 is 0 Å². The van der Waals surface area contributed by atoms with E-state index in [1.54, 1.807) is 6.07 Å². The molecule has 1 aromatic carbocycles. The third-order valence-electron chi connectivity index (χ3n) is 6.53. The van der Waals surface area contributed by atoms with Crippen LogP contribution in [-0.2, 0) is 24.9 Å². The van der Waals surface area contributed by atoms with Crippen LogP contribution in [0.15, 0.2) is 30.5 Å². The molecule has 2 aliphatic rings. The van der Waals surface area contributed by atoms with Crippen molar-refractivity contribution in [1.82, 2.24) is 29.8 Å². The molecule has 9 heteroatoms. The first-order chi connectivity index (χ1) is 15.9. The molecule has 4 aromatic rings. The van der Waals surface area contributed by atoms with Crippen molar-refractivity contribution in [1.29, 1.82) is 0 Å². The van der Waals surface area contributed by atoms with Gasteiger partial charge in [0.1, 0.15) is 22.9 Å². The monoisotopic (exact) mass is 447 g/mol. The van der Waals surface area contributed by atoms with Crippen LogP contribution < -0.4 is 10.6 Å². The quantitative estimate of drug-likeness (QED) is 0.489. The van der Waals surface area contributed by atoms with Crippen LogP contribution in [-0.4, -0.2) is 31.0 Å². The molecule has 5 heterocycles. The SMILES string of the molecule is CC1(C)CCc2nc3c(F)cc(-c4nc(Nc5ccc6c(n5)CCNC6)ncc4F)cc3n21. The molecule has 33 heavy (non-hydrogen) atoms. The van der Waals surface area contributed by atoms with Crippen LogP contribution in [0.3, 0.4) is 0 Å².